The van der Waals surface area contributed by atoms with Gasteiger partial charge < -0.3 is 17.3 Å². The molecular formula is C13H19ClN2S. The highest BCUT2D eigenvalue weighted by Gasteiger charge is 2.44. The van der Waals surface area contributed by atoms with Crippen LogP contribution in [-0.4, -0.2) is 29.4 Å². The van der Waals surface area contributed by atoms with Crippen LogP contribution in [-0.2, 0) is 0 Å². The van der Waals surface area contributed by atoms with Crippen LogP contribution in [0.1, 0.15) is 19.8 Å². The van der Waals surface area contributed by atoms with E-state index in [0.717, 1.165) is 0 Å². The zero-order valence-corrected chi connectivity index (χ0v) is 11.7. The molecule has 0 aliphatic carbocycles. The lowest BCUT2D eigenvalue weighted by Gasteiger charge is -2.35. The number of benzene rings is 1. The fourth-order valence-corrected chi connectivity index (χ4v) is 4.12. The molecule has 1 aromatic rings. The third kappa shape index (κ3) is 2.48. The molecule has 2 aliphatic heterocycles. The van der Waals surface area contributed by atoms with E-state index in [9.17, 15) is 0 Å². The van der Waals surface area contributed by atoms with Gasteiger partial charge in [0.15, 0.2) is 4.87 Å². The minimum atomic E-state index is 0. The predicted octanol–water partition coefficient (Wildman–Crippen LogP) is -1.20. The van der Waals surface area contributed by atoms with E-state index in [1.54, 1.807) is 0 Å². The summed E-state index contributed by atoms with van der Waals surface area (Å²) >= 11 is 2.09. The molecule has 1 spiro atoms. The number of hydrogen-bond donors (Lipinski definition) is 1. The van der Waals surface area contributed by atoms with E-state index in [1.807, 2.05) is 0 Å². The molecule has 0 saturated carbocycles. The van der Waals surface area contributed by atoms with Gasteiger partial charge in [0.25, 0.3) is 0 Å². The number of para-hydroxylation sites is 1. The number of halogens is 1. The number of quaternary nitrogens is 1. The number of piperidine rings is 1. The standard InChI is InChI=1S/C13H18N2S.ClH/c1-2-15-9-7-13(8-10-15)14-11-5-3-4-6-12(11)16-13;/h3-6,14H,2,7-10H2,1H3;1H. The van der Waals surface area contributed by atoms with E-state index in [-0.39, 0.29) is 12.4 Å². The van der Waals surface area contributed by atoms with Gasteiger partial charge in [0.2, 0.25) is 0 Å². The Morgan fingerprint density at radius 2 is 2.00 bits per heavy atom. The molecule has 94 valence electrons. The molecule has 1 saturated heterocycles. The molecule has 2 heterocycles. The van der Waals surface area contributed by atoms with Gasteiger partial charge >= 0.3 is 0 Å². The summed E-state index contributed by atoms with van der Waals surface area (Å²) in [6, 6.07) is 8.82. The lowest BCUT2D eigenvalue weighted by atomic mass is 10.0. The molecule has 0 amide bonds. The molecule has 0 atom stereocenters. The van der Waals surface area contributed by atoms with E-state index < -0.39 is 0 Å². The molecule has 4 heteroatoms. The van der Waals surface area contributed by atoms with Gasteiger partial charge in [0.1, 0.15) is 5.69 Å². The van der Waals surface area contributed by atoms with Crippen molar-refractivity contribution in [3.05, 3.63) is 24.3 Å². The van der Waals surface area contributed by atoms with Crippen LogP contribution in [0.15, 0.2) is 29.2 Å². The zero-order valence-electron chi connectivity index (χ0n) is 10.2. The Labute approximate surface area is 114 Å². The first-order valence-corrected chi connectivity index (χ1v) is 6.99. The molecule has 17 heavy (non-hydrogen) atoms. The maximum absolute atomic E-state index is 2.56. The van der Waals surface area contributed by atoms with Crippen LogP contribution in [0.2, 0.25) is 0 Å². The quantitative estimate of drug-likeness (QED) is 0.647. The molecule has 0 unspecified atom stereocenters. The third-order valence-corrected chi connectivity index (χ3v) is 5.32. The summed E-state index contributed by atoms with van der Waals surface area (Å²) in [6.07, 6.45) is 2.61. The summed E-state index contributed by atoms with van der Waals surface area (Å²) in [5.74, 6) is 0. The fourth-order valence-electron chi connectivity index (χ4n) is 2.72. The number of thioether (sulfide) groups is 1. The molecule has 2 aliphatic rings. The van der Waals surface area contributed by atoms with Crippen molar-refractivity contribution in [3.8, 4) is 0 Å². The Balaban J connectivity index is 0.00000108. The van der Waals surface area contributed by atoms with Gasteiger partial charge in [0, 0.05) is 32.0 Å². The van der Waals surface area contributed by atoms with E-state index in [1.165, 1.54) is 43.1 Å². The summed E-state index contributed by atoms with van der Waals surface area (Å²) in [5, 5.41) is 2.51. The summed E-state index contributed by atoms with van der Waals surface area (Å²) in [5.41, 5.74) is 1.46. The minimum absolute atomic E-state index is 0. The first-order valence-electron chi connectivity index (χ1n) is 6.18. The molecule has 0 aromatic heterocycles. The number of nitrogens with zero attached hydrogens (tertiary/aromatic N) is 1. The molecule has 0 radical (unpaired) electrons. The average molecular weight is 271 g/mol. The number of likely N-dealkylation sites (tertiary alicyclic amines) is 1. The maximum Gasteiger partial charge on any atom is 0.154 e. The van der Waals surface area contributed by atoms with Crippen LogP contribution >= 0.6 is 11.8 Å². The molecule has 1 fully saturated rings. The first kappa shape index (κ1) is 13.2. The van der Waals surface area contributed by atoms with Gasteiger partial charge in [-0.25, -0.2) is 0 Å². The number of hydrogen-bond acceptors (Lipinski definition) is 2. The van der Waals surface area contributed by atoms with Crippen LogP contribution in [0.4, 0.5) is 5.69 Å². The molecular weight excluding hydrogens is 252 g/mol. The van der Waals surface area contributed by atoms with Crippen LogP contribution < -0.4 is 17.7 Å². The maximum atomic E-state index is 2.56. The predicted molar refractivity (Wildman–Crippen MR) is 68.0 cm³/mol. The lowest BCUT2D eigenvalue weighted by molar-refractivity contribution is -0.627. The summed E-state index contributed by atoms with van der Waals surface area (Å²) < 4.78 is 0. The van der Waals surface area contributed by atoms with Crippen molar-refractivity contribution in [1.29, 1.82) is 0 Å². The highest BCUT2D eigenvalue weighted by atomic mass is 35.5. The topological polar surface area (TPSA) is 19.9 Å². The molecule has 1 aromatic carbocycles. The highest BCUT2D eigenvalue weighted by molar-refractivity contribution is 8.00. The average Bonchev–Trinajstić information content (AvgIpc) is 2.68. The van der Waals surface area contributed by atoms with Gasteiger partial charge in [-0.15, -0.1) is 0 Å². The van der Waals surface area contributed by atoms with Crippen molar-refractivity contribution in [1.82, 2.24) is 4.90 Å². The Hall–Kier alpha value is -0.220. The van der Waals surface area contributed by atoms with Gasteiger partial charge in [-0.3, -0.25) is 5.32 Å². The van der Waals surface area contributed by atoms with Crippen LogP contribution in [0.3, 0.4) is 0 Å². The van der Waals surface area contributed by atoms with E-state index in [2.05, 4.69) is 53.2 Å². The van der Waals surface area contributed by atoms with Crippen molar-refractivity contribution in [2.75, 3.05) is 19.6 Å². The Morgan fingerprint density at radius 3 is 2.65 bits per heavy atom. The zero-order chi connectivity index (χ0) is 11.0. The normalized spacial score (nSPS) is 22.2. The van der Waals surface area contributed by atoms with Crippen molar-refractivity contribution >= 4 is 17.4 Å². The second-order valence-electron chi connectivity index (χ2n) is 4.78. The molecule has 3 rings (SSSR count). The summed E-state index contributed by atoms with van der Waals surface area (Å²) in [4.78, 5) is 4.45. The van der Waals surface area contributed by atoms with Crippen LogP contribution in [0, 0.1) is 0 Å². The first-order chi connectivity index (χ1) is 7.81. The summed E-state index contributed by atoms with van der Waals surface area (Å²) in [7, 11) is 0. The van der Waals surface area contributed by atoms with Crippen molar-refractivity contribution in [3.63, 3.8) is 0 Å². The highest BCUT2D eigenvalue weighted by Crippen LogP contribution is 2.43. The smallest absolute Gasteiger partial charge is 0.154 e. The number of fused-ring (bicyclic) bond motifs is 1. The lowest BCUT2D eigenvalue weighted by Crippen LogP contribution is -3.00. The van der Waals surface area contributed by atoms with Gasteiger partial charge in [-0.2, -0.15) is 0 Å². The van der Waals surface area contributed by atoms with Gasteiger partial charge in [-0.05, 0) is 12.6 Å². The van der Waals surface area contributed by atoms with Gasteiger partial charge in [0.05, 0.1) is 4.90 Å². The van der Waals surface area contributed by atoms with Crippen molar-refractivity contribution in [2.24, 2.45) is 0 Å². The minimum Gasteiger partial charge on any atom is -1.00 e. The molecule has 0 bridgehead atoms. The molecule has 2 nitrogen and oxygen atoms in total. The monoisotopic (exact) mass is 270 g/mol. The third-order valence-electron chi connectivity index (χ3n) is 3.80. The van der Waals surface area contributed by atoms with Crippen molar-refractivity contribution < 1.29 is 17.7 Å². The van der Waals surface area contributed by atoms with E-state index in [0.29, 0.717) is 4.87 Å². The number of rotatable bonds is 1. The fraction of sp³-hybridized carbons (Fsp3) is 0.538. The van der Waals surface area contributed by atoms with Crippen molar-refractivity contribution in [2.45, 2.75) is 29.5 Å². The summed E-state index contributed by atoms with van der Waals surface area (Å²) in [6.45, 7) is 5.98. The van der Waals surface area contributed by atoms with Gasteiger partial charge in [-0.1, -0.05) is 30.8 Å². The SMILES string of the molecule is CCN1CCC2(CC1)[NH2+]c1ccccc1S2.[Cl-]. The van der Waals surface area contributed by atoms with E-state index >= 15 is 0 Å². The van der Waals surface area contributed by atoms with Crippen LogP contribution in [0.25, 0.3) is 0 Å². The Morgan fingerprint density at radius 1 is 1.29 bits per heavy atom. The van der Waals surface area contributed by atoms with Crippen LogP contribution in [0.5, 0.6) is 0 Å². The molecule has 2 N–H and O–H groups in total. The van der Waals surface area contributed by atoms with E-state index in [4.69, 9.17) is 0 Å². The second kappa shape index (κ2) is 5.19. The Kier molecular flexibility index (Phi) is 4.03. The largest absolute Gasteiger partial charge is 1.00 e. The Bertz CT molecular complexity index is 362. The number of nitrogens with two attached hydrogens (primary N) is 1. The second-order valence-corrected chi connectivity index (χ2v) is 6.24.